The predicted octanol–water partition coefficient (Wildman–Crippen LogP) is 7.57. The second kappa shape index (κ2) is 8.98. The molecule has 0 bridgehead atoms. The van der Waals surface area contributed by atoms with E-state index in [0.717, 1.165) is 29.7 Å². The molecule has 1 heterocycles. The fourth-order valence-corrected chi connectivity index (χ4v) is 6.28. The molecule has 3 heteroatoms. The monoisotopic (exact) mass is 473 g/mol. The summed E-state index contributed by atoms with van der Waals surface area (Å²) < 4.78 is 5.44. The number of hydrogen-bond acceptors (Lipinski definition) is 2. The van der Waals surface area contributed by atoms with Crippen LogP contribution in [0.4, 0.5) is 0 Å². The van der Waals surface area contributed by atoms with Gasteiger partial charge in [-0.3, -0.25) is 4.79 Å². The maximum Gasteiger partial charge on any atom is 0.230 e. The molecule has 6 rings (SSSR count). The quantitative estimate of drug-likeness (QED) is 0.280. The van der Waals surface area contributed by atoms with Gasteiger partial charge in [0, 0.05) is 12.5 Å². The first-order valence-corrected chi connectivity index (χ1v) is 12.8. The largest absolute Gasteiger partial charge is 0.497 e. The van der Waals surface area contributed by atoms with Gasteiger partial charge in [0.25, 0.3) is 0 Å². The van der Waals surface area contributed by atoms with Crippen LogP contribution in [0.25, 0.3) is 21.9 Å². The summed E-state index contributed by atoms with van der Waals surface area (Å²) in [6, 6.07) is 31.7. The molecular weight excluding hydrogens is 442 g/mol. The summed E-state index contributed by atoms with van der Waals surface area (Å²) in [7, 11) is 1.69. The van der Waals surface area contributed by atoms with Crippen molar-refractivity contribution in [2.75, 3.05) is 7.11 Å². The lowest BCUT2D eigenvalue weighted by Gasteiger charge is -2.33. The van der Waals surface area contributed by atoms with Crippen molar-refractivity contribution in [3.05, 3.63) is 114 Å². The van der Waals surface area contributed by atoms with E-state index in [4.69, 9.17) is 4.74 Å². The van der Waals surface area contributed by atoms with Crippen molar-refractivity contribution >= 4 is 16.7 Å². The number of nitrogens with zero attached hydrogens (tertiary/aromatic N) is 1. The average molecular weight is 474 g/mol. The molecule has 0 aromatic heterocycles. The van der Waals surface area contributed by atoms with E-state index in [-0.39, 0.29) is 17.9 Å². The van der Waals surface area contributed by atoms with E-state index in [1.54, 1.807) is 7.11 Å². The lowest BCUT2D eigenvalue weighted by atomic mass is 9.69. The number of amides is 1. The van der Waals surface area contributed by atoms with Crippen LogP contribution in [-0.4, -0.2) is 17.9 Å². The number of hydrogen-bond donors (Lipinski definition) is 0. The highest BCUT2D eigenvalue weighted by Crippen LogP contribution is 2.56. The summed E-state index contributed by atoms with van der Waals surface area (Å²) in [6.45, 7) is 2.79. The van der Waals surface area contributed by atoms with E-state index in [1.165, 1.54) is 21.9 Å². The summed E-state index contributed by atoms with van der Waals surface area (Å²) >= 11 is 0. The van der Waals surface area contributed by atoms with Crippen molar-refractivity contribution in [2.24, 2.45) is 11.3 Å². The minimum absolute atomic E-state index is 0.0408. The molecule has 1 fully saturated rings. The van der Waals surface area contributed by atoms with Crippen molar-refractivity contribution in [3.63, 3.8) is 0 Å². The Morgan fingerprint density at radius 1 is 0.917 bits per heavy atom. The van der Waals surface area contributed by atoms with Crippen LogP contribution in [0.15, 0.2) is 103 Å². The molecule has 3 unspecified atom stereocenters. The number of rotatable bonds is 5. The first kappa shape index (κ1) is 22.6. The SMILES string of the molecule is COc1ccc(-c2c(C3C4C=CCCC4(C)C(=O)N3Cc3ccccc3)ccc3ccccc23)cc1. The Balaban J connectivity index is 1.58. The Hall–Kier alpha value is -3.85. The number of methoxy groups -OCH3 is 1. The summed E-state index contributed by atoms with van der Waals surface area (Å²) in [5.74, 6) is 1.23. The van der Waals surface area contributed by atoms with Crippen molar-refractivity contribution in [3.8, 4) is 16.9 Å². The van der Waals surface area contributed by atoms with Crippen LogP contribution in [0.1, 0.15) is 36.9 Å². The first-order chi connectivity index (χ1) is 17.6. The first-order valence-electron chi connectivity index (χ1n) is 12.8. The van der Waals surface area contributed by atoms with Gasteiger partial charge in [0.2, 0.25) is 5.91 Å². The van der Waals surface area contributed by atoms with Crippen LogP contribution >= 0.6 is 0 Å². The number of ether oxygens (including phenoxy) is 1. The zero-order valence-corrected chi connectivity index (χ0v) is 20.9. The van der Waals surface area contributed by atoms with Crippen LogP contribution < -0.4 is 4.74 Å². The molecule has 1 aliphatic heterocycles. The van der Waals surface area contributed by atoms with Gasteiger partial charge in [-0.05, 0) is 58.0 Å². The van der Waals surface area contributed by atoms with Crippen molar-refractivity contribution in [1.82, 2.24) is 4.90 Å². The zero-order valence-electron chi connectivity index (χ0n) is 20.9. The van der Waals surface area contributed by atoms with Gasteiger partial charge in [0.1, 0.15) is 5.75 Å². The Morgan fingerprint density at radius 2 is 1.67 bits per heavy atom. The molecule has 36 heavy (non-hydrogen) atoms. The van der Waals surface area contributed by atoms with Gasteiger partial charge in [0.05, 0.1) is 18.6 Å². The van der Waals surface area contributed by atoms with Crippen molar-refractivity contribution < 1.29 is 9.53 Å². The number of carbonyl (C=O) groups is 1. The molecule has 1 saturated heterocycles. The second-order valence-corrected chi connectivity index (χ2v) is 10.3. The number of fused-ring (bicyclic) bond motifs is 2. The fraction of sp³-hybridized carbons (Fsp3) is 0.242. The van der Waals surface area contributed by atoms with Gasteiger partial charge in [0.15, 0.2) is 0 Å². The van der Waals surface area contributed by atoms with Crippen molar-refractivity contribution in [2.45, 2.75) is 32.4 Å². The molecule has 4 aromatic rings. The van der Waals surface area contributed by atoms with E-state index in [9.17, 15) is 4.79 Å². The molecule has 0 saturated carbocycles. The van der Waals surface area contributed by atoms with E-state index in [0.29, 0.717) is 6.54 Å². The van der Waals surface area contributed by atoms with E-state index < -0.39 is 5.41 Å². The number of likely N-dealkylation sites (tertiary alicyclic amines) is 1. The molecule has 4 aromatic carbocycles. The molecule has 0 radical (unpaired) electrons. The number of benzene rings is 4. The van der Waals surface area contributed by atoms with Crippen LogP contribution in [-0.2, 0) is 11.3 Å². The molecule has 3 nitrogen and oxygen atoms in total. The highest BCUT2D eigenvalue weighted by Gasteiger charge is 2.56. The lowest BCUT2D eigenvalue weighted by Crippen LogP contribution is -2.34. The van der Waals surface area contributed by atoms with Crippen molar-refractivity contribution in [1.29, 1.82) is 0 Å². The minimum atomic E-state index is -0.392. The highest BCUT2D eigenvalue weighted by molar-refractivity contribution is 5.99. The standard InChI is InChI=1S/C33H31NO2/c1-33-21-9-8-14-29(33)31(34(32(33)35)22-23-10-4-3-5-11-23)28-20-17-24-12-6-7-13-27(24)30(28)25-15-18-26(36-2)19-16-25/h3-8,10-20,29,31H,9,21-22H2,1-2H3. The second-order valence-electron chi connectivity index (χ2n) is 10.3. The van der Waals surface area contributed by atoms with Crippen LogP contribution in [0.5, 0.6) is 5.75 Å². The highest BCUT2D eigenvalue weighted by atomic mass is 16.5. The van der Waals surface area contributed by atoms with Gasteiger partial charge in [-0.1, -0.05) is 97.9 Å². The number of carbonyl (C=O) groups excluding carboxylic acids is 1. The average Bonchev–Trinajstić information content (AvgIpc) is 3.15. The molecule has 3 atom stereocenters. The number of allylic oxidation sites excluding steroid dienone is 1. The third-order valence-corrected chi connectivity index (χ3v) is 8.19. The molecule has 180 valence electrons. The normalized spacial score (nSPS) is 23.2. The Kier molecular flexibility index (Phi) is 5.64. The molecule has 0 N–H and O–H groups in total. The minimum Gasteiger partial charge on any atom is -0.497 e. The Morgan fingerprint density at radius 3 is 2.44 bits per heavy atom. The molecule has 0 spiro atoms. The summed E-state index contributed by atoms with van der Waals surface area (Å²) in [5.41, 5.74) is 4.33. The lowest BCUT2D eigenvalue weighted by molar-refractivity contribution is -0.137. The van der Waals surface area contributed by atoms with Crippen LogP contribution in [0.2, 0.25) is 0 Å². The van der Waals surface area contributed by atoms with E-state index in [1.807, 2.05) is 18.2 Å². The molecule has 1 amide bonds. The van der Waals surface area contributed by atoms with E-state index >= 15 is 0 Å². The zero-order chi connectivity index (χ0) is 24.7. The third kappa shape index (κ3) is 3.62. The maximum absolute atomic E-state index is 14.1. The smallest absolute Gasteiger partial charge is 0.230 e. The molecule has 2 aliphatic rings. The topological polar surface area (TPSA) is 29.5 Å². The third-order valence-electron chi connectivity index (χ3n) is 8.19. The van der Waals surface area contributed by atoms with Gasteiger partial charge >= 0.3 is 0 Å². The Bertz CT molecular complexity index is 1440. The summed E-state index contributed by atoms with van der Waals surface area (Å²) in [4.78, 5) is 16.3. The van der Waals surface area contributed by atoms with Gasteiger partial charge in [-0.2, -0.15) is 0 Å². The molecule has 1 aliphatic carbocycles. The summed E-state index contributed by atoms with van der Waals surface area (Å²) in [6.07, 6.45) is 6.42. The van der Waals surface area contributed by atoms with Crippen LogP contribution in [0.3, 0.4) is 0 Å². The predicted molar refractivity (Wildman–Crippen MR) is 146 cm³/mol. The van der Waals surface area contributed by atoms with Gasteiger partial charge in [-0.25, -0.2) is 0 Å². The maximum atomic E-state index is 14.1. The fourth-order valence-electron chi connectivity index (χ4n) is 6.28. The summed E-state index contributed by atoms with van der Waals surface area (Å²) in [5, 5.41) is 2.41. The molecular formula is C33H31NO2. The van der Waals surface area contributed by atoms with Gasteiger partial charge < -0.3 is 9.64 Å². The Labute approximate surface area is 213 Å². The van der Waals surface area contributed by atoms with Crippen LogP contribution in [0, 0.1) is 11.3 Å². The van der Waals surface area contributed by atoms with Gasteiger partial charge in [-0.15, -0.1) is 0 Å². The van der Waals surface area contributed by atoms with E-state index in [2.05, 4.69) is 96.8 Å².